The molecule has 1 atom stereocenters. The average Bonchev–Trinajstić information content (AvgIpc) is 2.66. The Labute approximate surface area is 76.8 Å². The van der Waals surface area contributed by atoms with E-state index < -0.39 is 12.5 Å². The Kier molecular flexibility index (Phi) is 3.85. The summed E-state index contributed by atoms with van der Waals surface area (Å²) in [5, 5.41) is 12.3. The number of rotatable bonds is 3. The zero-order valence-corrected chi connectivity index (χ0v) is 7.62. The Hall–Kier alpha value is -0.940. The second-order valence-electron chi connectivity index (χ2n) is 3.01. The third-order valence-corrected chi connectivity index (χ3v) is 2.02. The van der Waals surface area contributed by atoms with Crippen LogP contribution in [0.1, 0.15) is 13.3 Å². The molecule has 1 aliphatic rings. The summed E-state index contributed by atoms with van der Waals surface area (Å²) in [7, 11) is 0. The van der Waals surface area contributed by atoms with Crippen LogP contribution in [0.4, 0.5) is 0 Å². The molecule has 1 aliphatic heterocycles. The third kappa shape index (κ3) is 3.12. The van der Waals surface area contributed by atoms with Gasteiger partial charge in [-0.2, -0.15) is 5.10 Å². The lowest BCUT2D eigenvalue weighted by Crippen LogP contribution is -2.24. The summed E-state index contributed by atoms with van der Waals surface area (Å²) < 4.78 is 5.17. The van der Waals surface area contributed by atoms with Crippen LogP contribution in [-0.4, -0.2) is 36.5 Å². The first kappa shape index (κ1) is 10.1. The van der Waals surface area contributed by atoms with Crippen molar-refractivity contribution in [3.8, 4) is 0 Å². The van der Waals surface area contributed by atoms with Gasteiger partial charge in [-0.15, -0.1) is 0 Å². The predicted octanol–water partition coefficient (Wildman–Crippen LogP) is -0.493. The van der Waals surface area contributed by atoms with Crippen LogP contribution in [0.3, 0.4) is 0 Å². The highest BCUT2D eigenvalue weighted by Crippen LogP contribution is 2.13. The highest BCUT2D eigenvalue weighted by Gasteiger charge is 2.18. The number of hydrogen-bond acceptors (Lipinski definition) is 4. The maximum absolute atomic E-state index is 10.6. The van der Waals surface area contributed by atoms with Crippen molar-refractivity contribution < 1.29 is 14.6 Å². The van der Waals surface area contributed by atoms with Gasteiger partial charge in [0.2, 0.25) is 0 Å². The lowest BCUT2D eigenvalue weighted by atomic mass is 10.0. The Balaban J connectivity index is 2.36. The number of hydrogen-bond donors (Lipinski definition) is 2. The zero-order valence-electron chi connectivity index (χ0n) is 7.62. The standard InChI is InChI=1S/C8H14N2O3/c1-6(7-2-3-13-5-7)9-10-8(12)4-11/h7,11H,2-5H2,1H3,(H,10,12)/b9-6+. The minimum Gasteiger partial charge on any atom is -0.386 e. The summed E-state index contributed by atoms with van der Waals surface area (Å²) >= 11 is 0. The average molecular weight is 186 g/mol. The molecule has 0 radical (unpaired) electrons. The maximum Gasteiger partial charge on any atom is 0.265 e. The fourth-order valence-corrected chi connectivity index (χ4v) is 1.14. The predicted molar refractivity (Wildman–Crippen MR) is 47.3 cm³/mol. The van der Waals surface area contributed by atoms with E-state index in [0.717, 1.165) is 18.7 Å². The van der Waals surface area contributed by atoms with Gasteiger partial charge in [-0.1, -0.05) is 0 Å². The van der Waals surface area contributed by atoms with Crippen molar-refractivity contribution in [2.75, 3.05) is 19.8 Å². The highest BCUT2D eigenvalue weighted by atomic mass is 16.5. The molecule has 5 heteroatoms. The molecule has 0 aromatic rings. The number of nitrogens with one attached hydrogen (secondary N) is 1. The summed E-state index contributed by atoms with van der Waals surface area (Å²) in [5.74, 6) is -0.183. The van der Waals surface area contributed by atoms with Crippen molar-refractivity contribution >= 4 is 11.6 Å². The molecule has 1 fully saturated rings. The van der Waals surface area contributed by atoms with E-state index in [-0.39, 0.29) is 0 Å². The molecule has 0 spiro atoms. The molecule has 0 aromatic heterocycles. The summed E-state index contributed by atoms with van der Waals surface area (Å²) in [6.45, 7) is 2.74. The number of nitrogens with zero attached hydrogens (tertiary/aromatic N) is 1. The topological polar surface area (TPSA) is 70.9 Å². The largest absolute Gasteiger partial charge is 0.386 e. The molecule has 2 N–H and O–H groups in total. The van der Waals surface area contributed by atoms with Gasteiger partial charge in [0, 0.05) is 18.2 Å². The van der Waals surface area contributed by atoms with Crippen LogP contribution in [-0.2, 0) is 9.53 Å². The molecule has 13 heavy (non-hydrogen) atoms. The van der Waals surface area contributed by atoms with Crippen LogP contribution in [0.25, 0.3) is 0 Å². The van der Waals surface area contributed by atoms with Crippen molar-refractivity contribution in [3.05, 3.63) is 0 Å². The molecular weight excluding hydrogens is 172 g/mol. The minimum atomic E-state index is -0.530. The van der Waals surface area contributed by atoms with Crippen LogP contribution in [0.15, 0.2) is 5.10 Å². The van der Waals surface area contributed by atoms with Crippen LogP contribution < -0.4 is 5.43 Å². The van der Waals surface area contributed by atoms with Crippen molar-refractivity contribution in [3.63, 3.8) is 0 Å². The van der Waals surface area contributed by atoms with E-state index in [1.807, 2.05) is 6.92 Å². The van der Waals surface area contributed by atoms with Crippen LogP contribution in [0.2, 0.25) is 0 Å². The maximum atomic E-state index is 10.6. The number of amides is 1. The van der Waals surface area contributed by atoms with E-state index in [2.05, 4.69) is 10.5 Å². The summed E-state index contributed by atoms with van der Waals surface area (Å²) in [6, 6.07) is 0. The van der Waals surface area contributed by atoms with E-state index in [1.54, 1.807) is 0 Å². The molecule has 1 rings (SSSR count). The molecule has 1 heterocycles. The first-order chi connectivity index (χ1) is 6.24. The van der Waals surface area contributed by atoms with Gasteiger partial charge in [0.25, 0.3) is 5.91 Å². The Morgan fingerprint density at radius 1 is 1.77 bits per heavy atom. The SMILES string of the molecule is C/C(=N\NC(=O)CO)C1CCOC1. The molecule has 0 saturated carbocycles. The number of aliphatic hydroxyl groups is 1. The van der Waals surface area contributed by atoms with E-state index in [0.29, 0.717) is 12.5 Å². The number of carbonyl (C=O) groups is 1. The number of hydrazone groups is 1. The van der Waals surface area contributed by atoms with Gasteiger partial charge in [-0.05, 0) is 13.3 Å². The first-order valence-electron chi connectivity index (χ1n) is 4.25. The third-order valence-electron chi connectivity index (χ3n) is 2.02. The molecular formula is C8H14N2O3. The Morgan fingerprint density at radius 2 is 2.54 bits per heavy atom. The zero-order chi connectivity index (χ0) is 9.68. The molecule has 1 amide bonds. The summed E-state index contributed by atoms with van der Waals surface area (Å²) in [5.41, 5.74) is 3.10. The molecule has 1 unspecified atom stereocenters. The van der Waals surface area contributed by atoms with Gasteiger partial charge in [0.05, 0.1) is 6.61 Å². The van der Waals surface area contributed by atoms with Crippen LogP contribution >= 0.6 is 0 Å². The van der Waals surface area contributed by atoms with Crippen molar-refractivity contribution in [2.24, 2.45) is 11.0 Å². The van der Waals surface area contributed by atoms with E-state index in [4.69, 9.17) is 9.84 Å². The Morgan fingerprint density at radius 3 is 3.08 bits per heavy atom. The normalized spacial score (nSPS) is 23.2. The van der Waals surface area contributed by atoms with Gasteiger partial charge >= 0.3 is 0 Å². The number of ether oxygens (including phenoxy) is 1. The van der Waals surface area contributed by atoms with E-state index in [9.17, 15) is 4.79 Å². The van der Waals surface area contributed by atoms with E-state index >= 15 is 0 Å². The van der Waals surface area contributed by atoms with Gasteiger partial charge in [-0.25, -0.2) is 5.43 Å². The molecule has 1 saturated heterocycles. The van der Waals surface area contributed by atoms with E-state index in [1.165, 1.54) is 0 Å². The monoisotopic (exact) mass is 186 g/mol. The van der Waals surface area contributed by atoms with Gasteiger partial charge in [0.1, 0.15) is 6.61 Å². The van der Waals surface area contributed by atoms with Crippen molar-refractivity contribution in [1.29, 1.82) is 0 Å². The number of carbonyl (C=O) groups excluding carboxylic acids is 1. The highest BCUT2D eigenvalue weighted by molar-refractivity contribution is 5.86. The van der Waals surface area contributed by atoms with Gasteiger partial charge < -0.3 is 9.84 Å². The van der Waals surface area contributed by atoms with Crippen LogP contribution in [0.5, 0.6) is 0 Å². The molecule has 5 nitrogen and oxygen atoms in total. The quantitative estimate of drug-likeness (QED) is 0.461. The summed E-state index contributed by atoms with van der Waals surface area (Å²) in [4.78, 5) is 10.6. The second-order valence-corrected chi connectivity index (χ2v) is 3.01. The fraction of sp³-hybridized carbons (Fsp3) is 0.750. The lowest BCUT2D eigenvalue weighted by molar-refractivity contribution is -0.123. The Bertz CT molecular complexity index is 209. The fourth-order valence-electron chi connectivity index (χ4n) is 1.14. The smallest absolute Gasteiger partial charge is 0.265 e. The number of aliphatic hydroxyl groups excluding tert-OH is 1. The van der Waals surface area contributed by atoms with Gasteiger partial charge in [0.15, 0.2) is 0 Å². The molecule has 0 bridgehead atoms. The van der Waals surface area contributed by atoms with Crippen molar-refractivity contribution in [1.82, 2.24) is 5.43 Å². The summed E-state index contributed by atoms with van der Waals surface area (Å²) in [6.07, 6.45) is 0.949. The van der Waals surface area contributed by atoms with Crippen molar-refractivity contribution in [2.45, 2.75) is 13.3 Å². The second kappa shape index (κ2) is 4.94. The first-order valence-corrected chi connectivity index (χ1v) is 4.25. The molecule has 74 valence electrons. The minimum absolute atomic E-state index is 0.305. The molecule has 0 aliphatic carbocycles. The molecule has 0 aromatic carbocycles. The lowest BCUT2D eigenvalue weighted by Gasteiger charge is -2.06. The van der Waals surface area contributed by atoms with Gasteiger partial charge in [-0.3, -0.25) is 4.79 Å². The van der Waals surface area contributed by atoms with Crippen LogP contribution in [0, 0.1) is 5.92 Å².